The molecular weight excluding hydrogens is 406 g/mol. The molecular formula is C20H19N5O4S. The Balaban J connectivity index is 1.60. The van der Waals surface area contributed by atoms with Gasteiger partial charge in [-0.25, -0.2) is 13.1 Å². The van der Waals surface area contributed by atoms with Gasteiger partial charge in [-0.05, 0) is 30.7 Å². The molecule has 0 radical (unpaired) electrons. The van der Waals surface area contributed by atoms with E-state index in [1.807, 2.05) is 31.2 Å². The van der Waals surface area contributed by atoms with Crippen LogP contribution in [0.5, 0.6) is 0 Å². The quantitative estimate of drug-likeness (QED) is 0.607. The Bertz CT molecular complexity index is 1240. The Morgan fingerprint density at radius 3 is 2.57 bits per heavy atom. The first-order valence-corrected chi connectivity index (χ1v) is 11.0. The largest absolute Gasteiger partial charge is 0.342 e. The first-order chi connectivity index (χ1) is 14.3. The van der Waals surface area contributed by atoms with Gasteiger partial charge >= 0.3 is 11.8 Å². The molecule has 1 aliphatic rings. The van der Waals surface area contributed by atoms with Crippen molar-refractivity contribution in [2.24, 2.45) is 0 Å². The smallest absolute Gasteiger partial charge is 0.314 e. The van der Waals surface area contributed by atoms with E-state index in [2.05, 4.69) is 20.7 Å². The summed E-state index contributed by atoms with van der Waals surface area (Å²) in [5, 5.41) is 9.46. The molecule has 1 aliphatic heterocycles. The van der Waals surface area contributed by atoms with Crippen molar-refractivity contribution in [2.45, 2.75) is 25.0 Å². The van der Waals surface area contributed by atoms with Gasteiger partial charge in [0.1, 0.15) is 5.82 Å². The number of para-hydroxylation sites is 1. The van der Waals surface area contributed by atoms with Crippen LogP contribution in [0.1, 0.15) is 22.5 Å². The minimum absolute atomic E-state index is 0.0939. The van der Waals surface area contributed by atoms with Crippen LogP contribution in [0.4, 0.5) is 5.82 Å². The zero-order valence-corrected chi connectivity index (χ0v) is 16.9. The molecule has 2 N–H and O–H groups in total. The van der Waals surface area contributed by atoms with Crippen molar-refractivity contribution in [3.63, 3.8) is 0 Å². The van der Waals surface area contributed by atoms with E-state index < -0.39 is 21.7 Å². The molecule has 0 unspecified atom stereocenters. The Kier molecular flexibility index (Phi) is 5.08. The predicted octanol–water partition coefficient (Wildman–Crippen LogP) is 1.26. The van der Waals surface area contributed by atoms with Crippen molar-refractivity contribution in [3.8, 4) is 5.69 Å². The average molecular weight is 425 g/mol. The van der Waals surface area contributed by atoms with Gasteiger partial charge in [0.2, 0.25) is 0 Å². The highest BCUT2D eigenvalue weighted by Gasteiger charge is 2.34. The van der Waals surface area contributed by atoms with E-state index in [4.69, 9.17) is 0 Å². The van der Waals surface area contributed by atoms with E-state index >= 15 is 0 Å². The molecule has 0 atom stereocenters. The van der Waals surface area contributed by atoms with Crippen LogP contribution < -0.4 is 10.6 Å². The van der Waals surface area contributed by atoms with Crippen LogP contribution >= 0.6 is 0 Å². The SMILES string of the molecule is Cc1ccccc1-n1nc2c(c1NC(=O)C(=O)NCc1ccccn1)CS(=O)(=O)C2. The molecule has 3 heterocycles. The predicted molar refractivity (Wildman–Crippen MR) is 109 cm³/mol. The maximum absolute atomic E-state index is 12.5. The van der Waals surface area contributed by atoms with Crippen LogP contribution in [0.3, 0.4) is 0 Å². The summed E-state index contributed by atoms with van der Waals surface area (Å²) >= 11 is 0. The lowest BCUT2D eigenvalue weighted by molar-refractivity contribution is -0.136. The topological polar surface area (TPSA) is 123 Å². The zero-order valence-electron chi connectivity index (χ0n) is 16.1. The third kappa shape index (κ3) is 3.94. The van der Waals surface area contributed by atoms with Crippen molar-refractivity contribution in [2.75, 3.05) is 5.32 Å². The summed E-state index contributed by atoms with van der Waals surface area (Å²) in [4.78, 5) is 28.9. The molecule has 0 fully saturated rings. The number of carbonyl (C=O) groups excluding carboxylic acids is 2. The van der Waals surface area contributed by atoms with Crippen molar-refractivity contribution in [1.82, 2.24) is 20.1 Å². The number of sulfone groups is 1. The first-order valence-electron chi connectivity index (χ1n) is 9.20. The molecule has 2 amide bonds. The molecule has 1 aromatic carbocycles. The van der Waals surface area contributed by atoms with Crippen LogP contribution in [-0.2, 0) is 37.5 Å². The van der Waals surface area contributed by atoms with E-state index in [0.29, 0.717) is 22.6 Å². The third-order valence-corrected chi connectivity index (χ3v) is 6.17. The molecule has 0 saturated carbocycles. The molecule has 0 spiro atoms. The molecule has 10 heteroatoms. The van der Waals surface area contributed by atoms with Crippen LogP contribution in [-0.4, -0.2) is 35.0 Å². The van der Waals surface area contributed by atoms with Gasteiger partial charge in [-0.1, -0.05) is 24.3 Å². The number of aryl methyl sites for hydroxylation is 1. The summed E-state index contributed by atoms with van der Waals surface area (Å²) in [5.41, 5.74) is 2.97. The number of anilines is 1. The van der Waals surface area contributed by atoms with E-state index in [1.165, 1.54) is 4.68 Å². The number of benzene rings is 1. The number of fused-ring (bicyclic) bond motifs is 1. The van der Waals surface area contributed by atoms with Gasteiger partial charge in [0.25, 0.3) is 0 Å². The molecule has 2 aromatic heterocycles. The van der Waals surface area contributed by atoms with Crippen LogP contribution in [0.15, 0.2) is 48.7 Å². The van der Waals surface area contributed by atoms with Crippen LogP contribution in [0, 0.1) is 6.92 Å². The Hall–Kier alpha value is -3.53. The van der Waals surface area contributed by atoms with Gasteiger partial charge in [0.05, 0.1) is 35.1 Å². The highest BCUT2D eigenvalue weighted by molar-refractivity contribution is 7.90. The average Bonchev–Trinajstić information content (AvgIpc) is 3.19. The number of hydrogen-bond donors (Lipinski definition) is 2. The molecule has 0 bridgehead atoms. The van der Waals surface area contributed by atoms with Crippen molar-refractivity contribution >= 4 is 27.5 Å². The fourth-order valence-corrected chi connectivity index (χ4v) is 4.76. The fraction of sp³-hybridized carbons (Fsp3) is 0.200. The Morgan fingerprint density at radius 2 is 1.83 bits per heavy atom. The molecule has 9 nitrogen and oxygen atoms in total. The number of amides is 2. The highest BCUT2D eigenvalue weighted by Crippen LogP contribution is 2.33. The van der Waals surface area contributed by atoms with Crippen molar-refractivity contribution < 1.29 is 18.0 Å². The standard InChI is InChI=1S/C20H19N5O4S/c1-13-6-2-3-8-17(13)25-18(15-11-30(28,29)12-16(15)24-25)23-20(27)19(26)22-10-14-7-4-5-9-21-14/h2-9H,10-12H2,1H3,(H,22,26)(H,23,27). The van der Waals surface area contributed by atoms with Gasteiger partial charge < -0.3 is 10.6 Å². The van der Waals surface area contributed by atoms with E-state index in [0.717, 1.165) is 5.56 Å². The van der Waals surface area contributed by atoms with Crippen molar-refractivity contribution in [1.29, 1.82) is 0 Å². The van der Waals surface area contributed by atoms with Crippen molar-refractivity contribution in [3.05, 3.63) is 71.2 Å². The molecule has 30 heavy (non-hydrogen) atoms. The number of nitrogens with zero attached hydrogens (tertiary/aromatic N) is 3. The molecule has 0 saturated heterocycles. The molecule has 0 aliphatic carbocycles. The van der Waals surface area contributed by atoms with E-state index in [1.54, 1.807) is 24.4 Å². The zero-order chi connectivity index (χ0) is 21.3. The summed E-state index contributed by atoms with van der Waals surface area (Å²) < 4.78 is 25.6. The second-order valence-corrected chi connectivity index (χ2v) is 9.03. The second-order valence-electron chi connectivity index (χ2n) is 6.96. The summed E-state index contributed by atoms with van der Waals surface area (Å²) in [6.45, 7) is 1.97. The second kappa shape index (κ2) is 7.71. The van der Waals surface area contributed by atoms with Gasteiger partial charge in [0, 0.05) is 11.8 Å². The first kappa shape index (κ1) is 19.8. The summed E-state index contributed by atoms with van der Waals surface area (Å²) in [6.07, 6.45) is 1.59. The maximum atomic E-state index is 12.5. The van der Waals surface area contributed by atoms with Gasteiger partial charge in [-0.15, -0.1) is 0 Å². The van der Waals surface area contributed by atoms with Gasteiger partial charge in [-0.2, -0.15) is 5.10 Å². The normalized spacial score (nSPS) is 14.2. The summed E-state index contributed by atoms with van der Waals surface area (Å²) in [7, 11) is -3.33. The third-order valence-electron chi connectivity index (χ3n) is 4.73. The number of carbonyl (C=O) groups is 2. The lowest BCUT2D eigenvalue weighted by Gasteiger charge is -2.13. The van der Waals surface area contributed by atoms with E-state index in [9.17, 15) is 18.0 Å². The minimum atomic E-state index is -3.33. The number of pyridine rings is 1. The Labute approximate surface area is 173 Å². The molecule has 4 rings (SSSR count). The highest BCUT2D eigenvalue weighted by atomic mass is 32.2. The maximum Gasteiger partial charge on any atom is 0.314 e. The van der Waals surface area contributed by atoms with E-state index in [-0.39, 0.29) is 23.9 Å². The number of nitrogens with one attached hydrogen (secondary N) is 2. The fourth-order valence-electron chi connectivity index (χ4n) is 3.26. The number of aromatic nitrogens is 3. The van der Waals surface area contributed by atoms with Crippen LogP contribution in [0.2, 0.25) is 0 Å². The molecule has 3 aromatic rings. The van der Waals surface area contributed by atoms with Crippen LogP contribution in [0.25, 0.3) is 5.69 Å². The lowest BCUT2D eigenvalue weighted by Crippen LogP contribution is -2.35. The molecule has 154 valence electrons. The summed E-state index contributed by atoms with van der Waals surface area (Å²) in [5.74, 6) is -2.01. The lowest BCUT2D eigenvalue weighted by atomic mass is 10.2. The minimum Gasteiger partial charge on any atom is -0.342 e. The van der Waals surface area contributed by atoms with Gasteiger partial charge in [-0.3, -0.25) is 14.6 Å². The number of rotatable bonds is 4. The van der Waals surface area contributed by atoms with Gasteiger partial charge in [0.15, 0.2) is 9.84 Å². The Morgan fingerprint density at radius 1 is 1.07 bits per heavy atom. The summed E-state index contributed by atoms with van der Waals surface area (Å²) in [6, 6.07) is 12.6. The monoisotopic (exact) mass is 425 g/mol. The number of hydrogen-bond acceptors (Lipinski definition) is 6.